The molecule has 1 aliphatic rings. The third-order valence-corrected chi connectivity index (χ3v) is 6.15. The van der Waals surface area contributed by atoms with E-state index in [2.05, 4.69) is 20.7 Å². The number of halogens is 1. The number of carbonyl (C=O) groups is 1. The smallest absolute Gasteiger partial charge is 0.322 e. The van der Waals surface area contributed by atoms with Crippen molar-refractivity contribution in [3.05, 3.63) is 42.3 Å². The summed E-state index contributed by atoms with van der Waals surface area (Å²) < 4.78 is 50.0. The largest absolute Gasteiger partial charge is 0.400 e. The van der Waals surface area contributed by atoms with E-state index in [0.29, 0.717) is 12.8 Å². The Morgan fingerprint density at radius 3 is 2.71 bits per heavy atom. The average Bonchev–Trinajstić information content (AvgIpc) is 3.42. The first-order valence-electron chi connectivity index (χ1n) is 8.28. The number of sulfonamides is 1. The van der Waals surface area contributed by atoms with E-state index >= 15 is 0 Å². The van der Waals surface area contributed by atoms with Crippen molar-refractivity contribution in [1.29, 1.82) is 0 Å². The predicted molar refractivity (Wildman–Crippen MR) is 91.7 cm³/mol. The molecule has 1 aliphatic heterocycles. The molecule has 146 valence electrons. The highest BCUT2D eigenvalue weighted by Gasteiger charge is 2.40. The summed E-state index contributed by atoms with van der Waals surface area (Å²) in [4.78, 5) is 12.5. The maximum atomic E-state index is 13.1. The molecule has 1 saturated heterocycles. The third-order valence-electron chi connectivity index (χ3n) is 4.23. The van der Waals surface area contributed by atoms with Crippen LogP contribution in [0.15, 0.2) is 50.4 Å². The van der Waals surface area contributed by atoms with Gasteiger partial charge in [0, 0.05) is 12.6 Å². The highest BCUT2D eigenvalue weighted by Crippen LogP contribution is 2.27. The van der Waals surface area contributed by atoms with Crippen LogP contribution in [0.4, 0.5) is 10.4 Å². The van der Waals surface area contributed by atoms with Gasteiger partial charge in [-0.3, -0.25) is 10.1 Å². The SMILES string of the molecule is O=C(Nc1nnc(-c2ccno2)o1)C1CCCN1S(=O)(=O)c1ccc(F)cc1. The van der Waals surface area contributed by atoms with Crippen molar-refractivity contribution in [3.63, 3.8) is 0 Å². The van der Waals surface area contributed by atoms with Gasteiger partial charge >= 0.3 is 6.01 Å². The van der Waals surface area contributed by atoms with Gasteiger partial charge in [-0.05, 0) is 37.1 Å². The van der Waals surface area contributed by atoms with E-state index < -0.39 is 27.8 Å². The molecule has 1 fully saturated rings. The summed E-state index contributed by atoms with van der Waals surface area (Å²) in [5.41, 5.74) is 0. The summed E-state index contributed by atoms with van der Waals surface area (Å²) >= 11 is 0. The Hall–Kier alpha value is -3.12. The number of benzene rings is 1. The standard InChI is InChI=1S/C16H14FN5O5S/c17-10-3-5-11(6-4-10)28(24,25)22-9-1-2-12(22)14(23)19-16-21-20-15(26-16)13-7-8-18-27-13/h3-8,12H,1-2,9H2,(H,19,21,23). The van der Waals surface area contributed by atoms with Crippen LogP contribution >= 0.6 is 0 Å². The highest BCUT2D eigenvalue weighted by molar-refractivity contribution is 7.89. The first kappa shape index (κ1) is 18.3. The molecular weight excluding hydrogens is 393 g/mol. The van der Waals surface area contributed by atoms with Gasteiger partial charge in [-0.25, -0.2) is 12.8 Å². The Morgan fingerprint density at radius 1 is 1.21 bits per heavy atom. The van der Waals surface area contributed by atoms with Crippen LogP contribution in [-0.2, 0) is 14.8 Å². The first-order chi connectivity index (χ1) is 13.4. The molecule has 0 spiro atoms. The molecule has 0 aliphatic carbocycles. The minimum Gasteiger partial charge on any atom is -0.400 e. The summed E-state index contributed by atoms with van der Waals surface area (Å²) in [6.07, 6.45) is 2.23. The van der Waals surface area contributed by atoms with Crippen molar-refractivity contribution in [1.82, 2.24) is 19.7 Å². The van der Waals surface area contributed by atoms with Crippen LogP contribution < -0.4 is 5.32 Å². The molecule has 0 saturated carbocycles. The van der Waals surface area contributed by atoms with E-state index in [1.165, 1.54) is 24.4 Å². The predicted octanol–water partition coefficient (Wildman–Crippen LogP) is 1.66. The van der Waals surface area contributed by atoms with Gasteiger partial charge in [0.25, 0.3) is 5.89 Å². The van der Waals surface area contributed by atoms with Crippen LogP contribution in [0.3, 0.4) is 0 Å². The number of aromatic nitrogens is 3. The zero-order valence-electron chi connectivity index (χ0n) is 14.3. The van der Waals surface area contributed by atoms with Crippen LogP contribution in [-0.4, -0.2) is 46.6 Å². The molecule has 12 heteroatoms. The van der Waals surface area contributed by atoms with Crippen LogP contribution in [0.5, 0.6) is 0 Å². The quantitative estimate of drug-likeness (QED) is 0.675. The fourth-order valence-corrected chi connectivity index (χ4v) is 4.58. The van der Waals surface area contributed by atoms with E-state index in [1.807, 2.05) is 0 Å². The Balaban J connectivity index is 1.51. The Kier molecular flexibility index (Phi) is 4.65. The Morgan fingerprint density at radius 2 is 2.00 bits per heavy atom. The fraction of sp³-hybridized carbons (Fsp3) is 0.250. The van der Waals surface area contributed by atoms with Crippen molar-refractivity contribution >= 4 is 21.9 Å². The minimum atomic E-state index is -3.96. The summed E-state index contributed by atoms with van der Waals surface area (Å²) in [6, 6.07) is 4.81. The first-order valence-corrected chi connectivity index (χ1v) is 9.72. The molecule has 1 N–H and O–H groups in total. The van der Waals surface area contributed by atoms with E-state index in [-0.39, 0.29) is 29.1 Å². The summed E-state index contributed by atoms with van der Waals surface area (Å²) in [5.74, 6) is -0.894. The zero-order chi connectivity index (χ0) is 19.7. The summed E-state index contributed by atoms with van der Waals surface area (Å²) in [6.45, 7) is 0.172. The number of hydrogen-bond donors (Lipinski definition) is 1. The second-order valence-corrected chi connectivity index (χ2v) is 7.90. The van der Waals surface area contributed by atoms with Crippen molar-refractivity contribution in [2.24, 2.45) is 0 Å². The van der Waals surface area contributed by atoms with Crippen molar-refractivity contribution in [2.45, 2.75) is 23.8 Å². The van der Waals surface area contributed by atoms with Crippen LogP contribution in [0, 0.1) is 5.82 Å². The van der Waals surface area contributed by atoms with Crippen LogP contribution in [0.2, 0.25) is 0 Å². The number of carbonyl (C=O) groups excluding carboxylic acids is 1. The molecule has 28 heavy (non-hydrogen) atoms. The van der Waals surface area contributed by atoms with Gasteiger partial charge in [-0.2, -0.15) is 4.31 Å². The van der Waals surface area contributed by atoms with Gasteiger partial charge in [0.2, 0.25) is 21.7 Å². The minimum absolute atomic E-state index is 0.0232. The van der Waals surface area contributed by atoms with Gasteiger partial charge in [-0.1, -0.05) is 10.3 Å². The second-order valence-electron chi connectivity index (χ2n) is 6.01. The molecule has 4 rings (SSSR count). The lowest BCUT2D eigenvalue weighted by Gasteiger charge is -2.22. The molecule has 1 unspecified atom stereocenters. The lowest BCUT2D eigenvalue weighted by Crippen LogP contribution is -2.43. The molecule has 3 heterocycles. The monoisotopic (exact) mass is 407 g/mol. The van der Waals surface area contributed by atoms with E-state index in [0.717, 1.165) is 16.4 Å². The summed E-state index contributed by atoms with van der Waals surface area (Å²) in [7, 11) is -3.96. The van der Waals surface area contributed by atoms with Crippen LogP contribution in [0.1, 0.15) is 12.8 Å². The van der Waals surface area contributed by atoms with Crippen molar-refractivity contribution in [3.8, 4) is 11.7 Å². The maximum Gasteiger partial charge on any atom is 0.322 e. The fourth-order valence-electron chi connectivity index (χ4n) is 2.92. The molecule has 10 nitrogen and oxygen atoms in total. The number of amides is 1. The van der Waals surface area contributed by atoms with Gasteiger partial charge in [0.15, 0.2) is 0 Å². The molecular formula is C16H14FN5O5S. The van der Waals surface area contributed by atoms with E-state index in [4.69, 9.17) is 8.94 Å². The van der Waals surface area contributed by atoms with Gasteiger partial charge < -0.3 is 8.94 Å². The van der Waals surface area contributed by atoms with E-state index in [1.54, 1.807) is 0 Å². The third kappa shape index (κ3) is 3.39. The number of hydrogen-bond acceptors (Lipinski definition) is 8. The van der Waals surface area contributed by atoms with Gasteiger partial charge in [-0.15, -0.1) is 5.10 Å². The molecule has 0 radical (unpaired) electrons. The molecule has 0 bridgehead atoms. The number of nitrogens with zero attached hydrogens (tertiary/aromatic N) is 4. The maximum absolute atomic E-state index is 13.1. The molecule has 2 aromatic heterocycles. The lowest BCUT2D eigenvalue weighted by molar-refractivity contribution is -0.119. The number of anilines is 1. The Bertz CT molecular complexity index is 1080. The van der Waals surface area contributed by atoms with Crippen molar-refractivity contribution < 1.29 is 26.5 Å². The molecule has 1 aromatic carbocycles. The topological polar surface area (TPSA) is 131 Å². The second kappa shape index (κ2) is 7.13. The number of rotatable bonds is 5. The lowest BCUT2D eigenvalue weighted by atomic mass is 10.2. The van der Waals surface area contributed by atoms with Crippen molar-refractivity contribution in [2.75, 3.05) is 11.9 Å². The van der Waals surface area contributed by atoms with Gasteiger partial charge in [0.05, 0.1) is 11.1 Å². The van der Waals surface area contributed by atoms with E-state index in [9.17, 15) is 17.6 Å². The summed E-state index contributed by atoms with van der Waals surface area (Å²) in [5, 5.41) is 13.4. The van der Waals surface area contributed by atoms with Gasteiger partial charge in [0.1, 0.15) is 11.9 Å². The zero-order valence-corrected chi connectivity index (χ0v) is 15.1. The normalized spacial score (nSPS) is 17.7. The van der Waals surface area contributed by atoms with Crippen LogP contribution in [0.25, 0.3) is 11.7 Å². The molecule has 3 aromatic rings. The average molecular weight is 407 g/mol. The Labute approximate surface area is 158 Å². The molecule has 1 atom stereocenters. The molecule has 1 amide bonds. The number of nitrogens with one attached hydrogen (secondary N) is 1. The highest BCUT2D eigenvalue weighted by atomic mass is 32.2.